The lowest BCUT2D eigenvalue weighted by Gasteiger charge is -2.30. The summed E-state index contributed by atoms with van der Waals surface area (Å²) in [5.41, 5.74) is 3.69. The summed E-state index contributed by atoms with van der Waals surface area (Å²) in [6.07, 6.45) is 5.02. The van der Waals surface area contributed by atoms with Gasteiger partial charge in [-0.3, -0.25) is 14.4 Å². The van der Waals surface area contributed by atoms with Crippen molar-refractivity contribution in [3.63, 3.8) is 0 Å². The van der Waals surface area contributed by atoms with Gasteiger partial charge in [-0.05, 0) is 82.7 Å². The van der Waals surface area contributed by atoms with E-state index in [0.29, 0.717) is 11.6 Å². The Labute approximate surface area is 174 Å². The number of rotatable bonds is 5. The highest BCUT2D eigenvalue weighted by Crippen LogP contribution is 2.41. The van der Waals surface area contributed by atoms with Crippen molar-refractivity contribution in [2.45, 2.75) is 71.4 Å². The Balaban J connectivity index is 1.41. The second kappa shape index (κ2) is 7.94. The van der Waals surface area contributed by atoms with Crippen LogP contribution in [0.4, 0.5) is 5.69 Å². The summed E-state index contributed by atoms with van der Waals surface area (Å²) in [4.78, 5) is 15.3. The van der Waals surface area contributed by atoms with E-state index in [0.717, 1.165) is 18.2 Å². The average Bonchev–Trinajstić information content (AvgIpc) is 3.40. The molecule has 156 valence electrons. The lowest BCUT2D eigenvalue weighted by atomic mass is 10.00. The number of aromatic nitrogens is 2. The first-order chi connectivity index (χ1) is 13.8. The first kappa shape index (κ1) is 20.1. The Kier molecular flexibility index (Phi) is 5.52. The van der Waals surface area contributed by atoms with Gasteiger partial charge in [-0.2, -0.15) is 5.10 Å². The zero-order chi connectivity index (χ0) is 20.6. The number of hydrogen-bond donors (Lipinski definition) is 1. The molecule has 1 saturated carbocycles. The van der Waals surface area contributed by atoms with E-state index in [1.807, 2.05) is 22.9 Å². The van der Waals surface area contributed by atoms with Crippen LogP contribution in [0.15, 0.2) is 30.3 Å². The first-order valence-electron chi connectivity index (χ1n) is 11.0. The fourth-order valence-corrected chi connectivity index (χ4v) is 4.29. The Morgan fingerprint density at radius 1 is 1.17 bits per heavy atom. The molecule has 29 heavy (non-hydrogen) atoms. The van der Waals surface area contributed by atoms with E-state index >= 15 is 0 Å². The van der Waals surface area contributed by atoms with Gasteiger partial charge in [-0.1, -0.05) is 19.1 Å². The zero-order valence-electron chi connectivity index (χ0n) is 18.2. The minimum absolute atomic E-state index is 0.121. The van der Waals surface area contributed by atoms with Crippen LogP contribution in [0.5, 0.6) is 0 Å². The van der Waals surface area contributed by atoms with Crippen LogP contribution >= 0.6 is 0 Å². The van der Waals surface area contributed by atoms with Crippen LogP contribution < -0.4 is 5.32 Å². The summed E-state index contributed by atoms with van der Waals surface area (Å²) in [6.45, 7) is 12.1. The van der Waals surface area contributed by atoms with E-state index in [4.69, 9.17) is 0 Å². The van der Waals surface area contributed by atoms with Crippen LogP contribution in [0.1, 0.15) is 81.0 Å². The van der Waals surface area contributed by atoms with Gasteiger partial charge in [0.05, 0.1) is 5.54 Å². The molecule has 2 fully saturated rings. The van der Waals surface area contributed by atoms with E-state index in [1.54, 1.807) is 0 Å². The standard InChI is InChI=1S/C24H34N4O/c1-17-6-5-13-27(15-17)16-18-7-11-20(12-8-18)25-23(29)21-14-22(19-9-10-19)28(26-21)24(2,3)4/h7-8,11-12,14,17,19H,5-6,9-10,13,15-16H2,1-4H3,(H,25,29). The second-order valence-corrected chi connectivity index (χ2v) is 9.94. The molecule has 1 aliphatic carbocycles. The molecule has 1 N–H and O–H groups in total. The van der Waals surface area contributed by atoms with E-state index in [-0.39, 0.29) is 11.4 Å². The molecule has 2 heterocycles. The summed E-state index contributed by atoms with van der Waals surface area (Å²) in [5.74, 6) is 1.21. The molecule has 2 aromatic rings. The average molecular weight is 395 g/mol. The molecular formula is C24H34N4O. The Hall–Kier alpha value is -2.14. The number of carbonyl (C=O) groups is 1. The van der Waals surface area contributed by atoms with E-state index in [1.165, 1.54) is 50.0 Å². The third kappa shape index (κ3) is 4.89. The van der Waals surface area contributed by atoms with Crippen LogP contribution in [0, 0.1) is 5.92 Å². The molecule has 5 heteroatoms. The largest absolute Gasteiger partial charge is 0.321 e. The summed E-state index contributed by atoms with van der Waals surface area (Å²) in [7, 11) is 0. The highest BCUT2D eigenvalue weighted by atomic mass is 16.2. The number of nitrogens with zero attached hydrogens (tertiary/aromatic N) is 3. The molecule has 0 radical (unpaired) electrons. The smallest absolute Gasteiger partial charge is 0.276 e. The van der Waals surface area contributed by atoms with Crippen LogP contribution in [0.25, 0.3) is 0 Å². The van der Waals surface area contributed by atoms with Crippen molar-refractivity contribution >= 4 is 11.6 Å². The highest BCUT2D eigenvalue weighted by Gasteiger charge is 2.32. The molecular weight excluding hydrogens is 360 g/mol. The number of amides is 1. The molecule has 2 aliphatic rings. The zero-order valence-corrected chi connectivity index (χ0v) is 18.2. The van der Waals surface area contributed by atoms with Crippen molar-refractivity contribution in [2.75, 3.05) is 18.4 Å². The molecule has 1 aromatic carbocycles. The number of hydrogen-bond acceptors (Lipinski definition) is 3. The van der Waals surface area contributed by atoms with Crippen molar-refractivity contribution in [3.8, 4) is 0 Å². The van der Waals surface area contributed by atoms with Gasteiger partial charge in [0.1, 0.15) is 0 Å². The van der Waals surface area contributed by atoms with Crippen molar-refractivity contribution in [1.82, 2.24) is 14.7 Å². The quantitative estimate of drug-likeness (QED) is 0.776. The third-order valence-corrected chi connectivity index (χ3v) is 5.96. The van der Waals surface area contributed by atoms with E-state index in [2.05, 4.69) is 55.1 Å². The number of piperidine rings is 1. The molecule has 1 amide bonds. The fourth-order valence-electron chi connectivity index (χ4n) is 4.29. The molecule has 5 nitrogen and oxygen atoms in total. The monoisotopic (exact) mass is 394 g/mol. The predicted octanol–water partition coefficient (Wildman–Crippen LogP) is 5.00. The highest BCUT2D eigenvalue weighted by molar-refractivity contribution is 6.02. The van der Waals surface area contributed by atoms with Gasteiger partial charge in [0.2, 0.25) is 0 Å². The predicted molar refractivity (Wildman–Crippen MR) is 117 cm³/mol. The SMILES string of the molecule is CC1CCCN(Cc2ccc(NC(=O)c3cc(C4CC4)n(C(C)(C)C)n3)cc2)C1. The second-order valence-electron chi connectivity index (χ2n) is 9.94. The van der Waals surface area contributed by atoms with Crippen LogP contribution in [0.2, 0.25) is 0 Å². The number of benzene rings is 1. The van der Waals surface area contributed by atoms with Crippen LogP contribution in [-0.4, -0.2) is 33.7 Å². The number of likely N-dealkylation sites (tertiary alicyclic amines) is 1. The summed E-state index contributed by atoms with van der Waals surface area (Å²) >= 11 is 0. The summed E-state index contributed by atoms with van der Waals surface area (Å²) < 4.78 is 2.03. The Morgan fingerprint density at radius 3 is 2.52 bits per heavy atom. The maximum atomic E-state index is 12.8. The van der Waals surface area contributed by atoms with Gasteiger partial charge in [0.15, 0.2) is 5.69 Å². The summed E-state index contributed by atoms with van der Waals surface area (Å²) in [6, 6.07) is 10.2. The topological polar surface area (TPSA) is 50.2 Å². The van der Waals surface area contributed by atoms with Gasteiger partial charge in [0, 0.05) is 30.4 Å². The van der Waals surface area contributed by atoms with Gasteiger partial charge in [-0.15, -0.1) is 0 Å². The van der Waals surface area contributed by atoms with Crippen LogP contribution in [0.3, 0.4) is 0 Å². The van der Waals surface area contributed by atoms with E-state index in [9.17, 15) is 4.79 Å². The lowest BCUT2D eigenvalue weighted by Crippen LogP contribution is -2.33. The molecule has 1 unspecified atom stereocenters. The van der Waals surface area contributed by atoms with Gasteiger partial charge in [-0.25, -0.2) is 0 Å². The third-order valence-electron chi connectivity index (χ3n) is 5.96. The maximum Gasteiger partial charge on any atom is 0.276 e. The number of anilines is 1. The number of nitrogens with one attached hydrogen (secondary N) is 1. The lowest BCUT2D eigenvalue weighted by molar-refractivity contribution is 0.102. The minimum Gasteiger partial charge on any atom is -0.321 e. The van der Waals surface area contributed by atoms with Crippen molar-refractivity contribution in [3.05, 3.63) is 47.3 Å². The fraction of sp³-hybridized carbons (Fsp3) is 0.583. The molecule has 1 saturated heterocycles. The molecule has 1 aliphatic heterocycles. The molecule has 1 atom stereocenters. The molecule has 0 spiro atoms. The van der Waals surface area contributed by atoms with Crippen LogP contribution in [-0.2, 0) is 12.1 Å². The van der Waals surface area contributed by atoms with Crippen molar-refractivity contribution < 1.29 is 4.79 Å². The minimum atomic E-state index is -0.132. The molecule has 1 aromatic heterocycles. The normalized spacial score (nSPS) is 20.6. The van der Waals surface area contributed by atoms with Crippen molar-refractivity contribution in [1.29, 1.82) is 0 Å². The first-order valence-corrected chi connectivity index (χ1v) is 11.0. The Bertz CT molecular complexity index is 858. The van der Waals surface area contributed by atoms with Crippen molar-refractivity contribution in [2.24, 2.45) is 5.92 Å². The summed E-state index contributed by atoms with van der Waals surface area (Å²) in [5, 5.41) is 7.66. The van der Waals surface area contributed by atoms with Gasteiger partial charge < -0.3 is 5.32 Å². The van der Waals surface area contributed by atoms with E-state index < -0.39 is 0 Å². The maximum absolute atomic E-state index is 12.8. The van der Waals surface area contributed by atoms with Gasteiger partial charge in [0.25, 0.3) is 5.91 Å². The molecule has 4 rings (SSSR count). The van der Waals surface area contributed by atoms with Gasteiger partial charge >= 0.3 is 0 Å². The number of carbonyl (C=O) groups excluding carboxylic acids is 1. The Morgan fingerprint density at radius 2 is 1.90 bits per heavy atom. The molecule has 0 bridgehead atoms.